The Hall–Kier alpha value is -2.95. The molecule has 11 heteroatoms. The highest BCUT2D eigenvalue weighted by Gasteiger charge is 2.25. The maximum Gasteiger partial charge on any atom is 0.324 e. The number of hydrogen-bond acceptors (Lipinski definition) is 6. The number of halogens is 1. The van der Waals surface area contributed by atoms with Gasteiger partial charge >= 0.3 is 5.97 Å². The van der Waals surface area contributed by atoms with Crippen molar-refractivity contribution in [2.45, 2.75) is 30.7 Å². The zero-order chi connectivity index (χ0) is 23.3. The number of carbonyl (C=O) groups is 3. The summed E-state index contributed by atoms with van der Waals surface area (Å²) < 4.78 is 31.8. The lowest BCUT2D eigenvalue weighted by atomic mass is 10.2. The molecule has 1 aliphatic heterocycles. The maximum absolute atomic E-state index is 12.4. The minimum atomic E-state index is -3.98. The molecule has 170 valence electrons. The van der Waals surface area contributed by atoms with E-state index in [0.29, 0.717) is 29.4 Å². The van der Waals surface area contributed by atoms with Gasteiger partial charge in [-0.1, -0.05) is 23.7 Å². The third-order valence-electron chi connectivity index (χ3n) is 4.70. The zero-order valence-electron chi connectivity index (χ0n) is 17.2. The zero-order valence-corrected chi connectivity index (χ0v) is 18.8. The molecular weight excluding hydrogens is 458 g/mol. The van der Waals surface area contributed by atoms with E-state index in [1.54, 1.807) is 29.2 Å². The second-order valence-corrected chi connectivity index (χ2v) is 9.27. The van der Waals surface area contributed by atoms with Gasteiger partial charge in [0.1, 0.15) is 6.04 Å². The molecule has 2 N–H and O–H groups in total. The van der Waals surface area contributed by atoms with Crippen LogP contribution in [0.15, 0.2) is 53.4 Å². The van der Waals surface area contributed by atoms with E-state index in [9.17, 15) is 22.8 Å². The number of esters is 1. The molecule has 2 amide bonds. The van der Waals surface area contributed by atoms with Crippen molar-refractivity contribution in [2.24, 2.45) is 0 Å². The first-order chi connectivity index (χ1) is 15.2. The molecule has 0 aromatic heterocycles. The quantitative estimate of drug-likeness (QED) is 0.560. The minimum absolute atomic E-state index is 0.0278. The number of nitrogens with one attached hydrogen (secondary N) is 2. The largest absolute Gasteiger partial charge is 0.454 e. The SMILES string of the molecule is C[C@H](NS(=O)(=O)c1ccc(Cl)cc1)C(=O)OCC(=O)Nc1ccccc1N1CCCC1=O. The molecule has 2 aromatic carbocycles. The van der Waals surface area contributed by atoms with Crippen LogP contribution in [0.4, 0.5) is 11.4 Å². The summed E-state index contributed by atoms with van der Waals surface area (Å²) in [5, 5.41) is 2.99. The van der Waals surface area contributed by atoms with Crippen LogP contribution in [0.5, 0.6) is 0 Å². The molecule has 0 aliphatic carbocycles. The van der Waals surface area contributed by atoms with Gasteiger partial charge in [0.25, 0.3) is 5.91 Å². The predicted molar refractivity (Wildman–Crippen MR) is 119 cm³/mol. The van der Waals surface area contributed by atoms with Crippen LogP contribution in [0, 0.1) is 0 Å². The van der Waals surface area contributed by atoms with Gasteiger partial charge in [-0.05, 0) is 49.7 Å². The Morgan fingerprint density at radius 1 is 1.16 bits per heavy atom. The molecule has 1 heterocycles. The molecular formula is C21H22ClN3O6S. The number of nitrogens with zero attached hydrogens (tertiary/aromatic N) is 1. The lowest BCUT2D eigenvalue weighted by molar-refractivity contribution is -0.148. The lowest BCUT2D eigenvalue weighted by Gasteiger charge is -2.20. The molecule has 0 unspecified atom stereocenters. The van der Waals surface area contributed by atoms with Gasteiger partial charge in [0, 0.05) is 18.0 Å². The Kier molecular flexibility index (Phi) is 7.49. The Morgan fingerprint density at radius 2 is 1.84 bits per heavy atom. The number of para-hydroxylation sites is 2. The number of sulfonamides is 1. The fraction of sp³-hybridized carbons (Fsp3) is 0.286. The molecule has 0 spiro atoms. The number of anilines is 2. The summed E-state index contributed by atoms with van der Waals surface area (Å²) in [6.07, 6.45) is 1.19. The third-order valence-corrected chi connectivity index (χ3v) is 6.51. The minimum Gasteiger partial charge on any atom is -0.454 e. The van der Waals surface area contributed by atoms with E-state index in [4.69, 9.17) is 16.3 Å². The summed E-state index contributed by atoms with van der Waals surface area (Å²) in [4.78, 5) is 38.0. The van der Waals surface area contributed by atoms with Gasteiger partial charge in [0.15, 0.2) is 6.61 Å². The predicted octanol–water partition coefficient (Wildman–Crippen LogP) is 2.32. The van der Waals surface area contributed by atoms with Gasteiger partial charge in [0.05, 0.1) is 16.3 Å². The number of amides is 2. The van der Waals surface area contributed by atoms with E-state index in [1.165, 1.54) is 31.2 Å². The standard InChI is InChI=1S/C21H22ClN3O6S/c1-14(24-32(29,30)16-10-8-15(22)9-11-16)21(28)31-13-19(26)23-17-5-2-3-6-18(17)25-12-4-7-20(25)27/h2-3,5-6,8-11,14,24H,4,7,12-13H2,1H3,(H,23,26)/t14-/m0/s1. The molecule has 0 radical (unpaired) electrons. The van der Waals surface area contributed by atoms with E-state index in [1.807, 2.05) is 0 Å². The van der Waals surface area contributed by atoms with Crippen LogP contribution >= 0.6 is 11.6 Å². The van der Waals surface area contributed by atoms with Gasteiger partial charge in [-0.3, -0.25) is 14.4 Å². The highest BCUT2D eigenvalue weighted by atomic mass is 35.5. The van der Waals surface area contributed by atoms with Gasteiger partial charge in [-0.25, -0.2) is 8.42 Å². The molecule has 2 aromatic rings. The molecule has 1 aliphatic rings. The van der Waals surface area contributed by atoms with Crippen molar-refractivity contribution in [2.75, 3.05) is 23.4 Å². The van der Waals surface area contributed by atoms with Crippen molar-refractivity contribution in [3.63, 3.8) is 0 Å². The molecule has 9 nitrogen and oxygen atoms in total. The summed E-state index contributed by atoms with van der Waals surface area (Å²) in [5.74, 6) is -1.56. The van der Waals surface area contributed by atoms with Crippen molar-refractivity contribution in [1.29, 1.82) is 0 Å². The van der Waals surface area contributed by atoms with E-state index in [-0.39, 0.29) is 10.8 Å². The molecule has 3 rings (SSSR count). The van der Waals surface area contributed by atoms with Gasteiger partial charge < -0.3 is 15.0 Å². The number of benzene rings is 2. The van der Waals surface area contributed by atoms with E-state index < -0.39 is 34.5 Å². The average molecular weight is 480 g/mol. The lowest BCUT2D eigenvalue weighted by Crippen LogP contribution is -2.40. The number of rotatable bonds is 8. The highest BCUT2D eigenvalue weighted by Crippen LogP contribution is 2.29. The highest BCUT2D eigenvalue weighted by molar-refractivity contribution is 7.89. The summed E-state index contributed by atoms with van der Waals surface area (Å²) >= 11 is 5.75. The first-order valence-corrected chi connectivity index (χ1v) is 11.7. The Labute approximate surface area is 190 Å². The second-order valence-electron chi connectivity index (χ2n) is 7.12. The fourth-order valence-electron chi connectivity index (χ4n) is 3.13. The fourth-order valence-corrected chi connectivity index (χ4v) is 4.45. The molecule has 1 fully saturated rings. The molecule has 0 bridgehead atoms. The van der Waals surface area contributed by atoms with Crippen molar-refractivity contribution in [3.8, 4) is 0 Å². The van der Waals surface area contributed by atoms with Gasteiger partial charge in [-0.2, -0.15) is 4.72 Å². The average Bonchev–Trinajstić information content (AvgIpc) is 3.18. The van der Waals surface area contributed by atoms with Crippen molar-refractivity contribution in [3.05, 3.63) is 53.6 Å². The molecule has 32 heavy (non-hydrogen) atoms. The Balaban J connectivity index is 1.55. The topological polar surface area (TPSA) is 122 Å². The van der Waals surface area contributed by atoms with Crippen LogP contribution in [0.1, 0.15) is 19.8 Å². The van der Waals surface area contributed by atoms with Crippen LogP contribution < -0.4 is 14.9 Å². The van der Waals surface area contributed by atoms with Gasteiger partial charge in [-0.15, -0.1) is 0 Å². The van der Waals surface area contributed by atoms with Crippen LogP contribution in [0.25, 0.3) is 0 Å². The number of carbonyl (C=O) groups excluding carboxylic acids is 3. The molecule has 0 saturated carbocycles. The number of hydrogen-bond donors (Lipinski definition) is 2. The number of ether oxygens (including phenoxy) is 1. The van der Waals surface area contributed by atoms with E-state index in [0.717, 1.165) is 6.42 Å². The maximum atomic E-state index is 12.4. The first kappa shape index (κ1) is 23.7. The van der Waals surface area contributed by atoms with Crippen LogP contribution in [0.3, 0.4) is 0 Å². The Bertz CT molecular complexity index is 1120. The summed E-state index contributed by atoms with van der Waals surface area (Å²) in [7, 11) is -3.98. The van der Waals surface area contributed by atoms with E-state index in [2.05, 4.69) is 10.0 Å². The second kappa shape index (κ2) is 10.1. The van der Waals surface area contributed by atoms with Crippen LogP contribution in [-0.4, -0.2) is 45.4 Å². The van der Waals surface area contributed by atoms with Crippen molar-refractivity contribution < 1.29 is 27.5 Å². The Morgan fingerprint density at radius 3 is 2.50 bits per heavy atom. The third kappa shape index (κ3) is 5.84. The summed E-state index contributed by atoms with van der Waals surface area (Å²) in [6, 6.07) is 11.0. The molecule has 1 atom stereocenters. The van der Waals surface area contributed by atoms with Crippen molar-refractivity contribution in [1.82, 2.24) is 4.72 Å². The first-order valence-electron chi connectivity index (χ1n) is 9.81. The normalized spacial score (nSPS) is 14.8. The summed E-state index contributed by atoms with van der Waals surface area (Å²) in [5.41, 5.74) is 0.985. The monoisotopic (exact) mass is 479 g/mol. The smallest absolute Gasteiger partial charge is 0.324 e. The van der Waals surface area contributed by atoms with Crippen molar-refractivity contribution >= 4 is 50.8 Å². The van der Waals surface area contributed by atoms with Gasteiger partial charge in [0.2, 0.25) is 15.9 Å². The van der Waals surface area contributed by atoms with E-state index >= 15 is 0 Å². The molecule has 1 saturated heterocycles. The van der Waals surface area contributed by atoms with Crippen LogP contribution in [-0.2, 0) is 29.1 Å². The van der Waals surface area contributed by atoms with Crippen LogP contribution in [0.2, 0.25) is 5.02 Å². The summed E-state index contributed by atoms with van der Waals surface area (Å²) in [6.45, 7) is 1.25.